The summed E-state index contributed by atoms with van der Waals surface area (Å²) in [7, 11) is 0. The van der Waals surface area contributed by atoms with Crippen molar-refractivity contribution >= 4 is 28.5 Å². The van der Waals surface area contributed by atoms with E-state index in [1.807, 2.05) is 32.6 Å². The molecule has 0 aliphatic rings. The molecule has 0 aromatic heterocycles. The van der Waals surface area contributed by atoms with Gasteiger partial charge >= 0.3 is 0 Å². The first-order chi connectivity index (χ1) is 5.43. The minimum atomic E-state index is -0.234. The lowest BCUT2D eigenvalue weighted by molar-refractivity contribution is -0.138. The molecule has 0 fully saturated rings. The van der Waals surface area contributed by atoms with Gasteiger partial charge in [-0.15, -0.1) is 0 Å². The second-order valence-corrected chi connectivity index (χ2v) is 4.90. The molecule has 0 radical (unpaired) electrons. The van der Waals surface area contributed by atoms with Gasteiger partial charge in [0.15, 0.2) is 0 Å². The third kappa shape index (κ3) is 3.74. The van der Waals surface area contributed by atoms with E-state index in [9.17, 15) is 4.79 Å². The van der Waals surface area contributed by atoms with E-state index in [1.165, 1.54) is 0 Å². The second-order valence-electron chi connectivity index (χ2n) is 3.82. The van der Waals surface area contributed by atoms with Crippen molar-refractivity contribution in [2.45, 2.75) is 27.7 Å². The zero-order chi connectivity index (χ0) is 9.78. The van der Waals surface area contributed by atoms with Crippen molar-refractivity contribution < 1.29 is 4.79 Å². The number of rotatable bonds is 3. The monoisotopic (exact) mass is 283 g/mol. The molecule has 0 N–H and O–H groups in total. The summed E-state index contributed by atoms with van der Waals surface area (Å²) in [5.41, 5.74) is -0.234. The van der Waals surface area contributed by atoms with Gasteiger partial charge in [-0.25, -0.2) is 0 Å². The van der Waals surface area contributed by atoms with Crippen LogP contribution in [0.2, 0.25) is 0 Å². The number of carbonyl (C=O) groups is 1. The topological polar surface area (TPSA) is 20.3 Å². The van der Waals surface area contributed by atoms with Gasteiger partial charge in [-0.05, 0) is 6.92 Å². The van der Waals surface area contributed by atoms with Crippen LogP contribution in [0.15, 0.2) is 0 Å². The van der Waals surface area contributed by atoms with Crippen molar-refractivity contribution in [1.82, 2.24) is 4.90 Å². The Bertz CT molecular complexity index is 151. The number of hydrogen-bond donors (Lipinski definition) is 0. The van der Waals surface area contributed by atoms with Gasteiger partial charge in [-0.2, -0.15) is 0 Å². The van der Waals surface area contributed by atoms with Gasteiger partial charge in [0.1, 0.15) is 0 Å². The molecule has 0 aromatic rings. The highest BCUT2D eigenvalue weighted by molar-refractivity contribution is 14.1. The lowest BCUT2D eigenvalue weighted by atomic mass is 9.95. The minimum Gasteiger partial charge on any atom is -0.342 e. The Labute approximate surface area is 88.8 Å². The predicted molar refractivity (Wildman–Crippen MR) is 60.6 cm³/mol. The highest BCUT2D eigenvalue weighted by Crippen LogP contribution is 2.17. The van der Waals surface area contributed by atoms with E-state index in [2.05, 4.69) is 22.6 Å². The summed E-state index contributed by atoms with van der Waals surface area (Å²) in [5, 5.41) is 0. The lowest BCUT2D eigenvalue weighted by Crippen LogP contribution is -2.40. The molecule has 0 aromatic carbocycles. The molecule has 0 spiro atoms. The first-order valence-electron chi connectivity index (χ1n) is 4.28. The molecule has 0 heterocycles. The first kappa shape index (κ1) is 12.2. The molecule has 0 bridgehead atoms. The highest BCUT2D eigenvalue weighted by atomic mass is 127. The highest BCUT2D eigenvalue weighted by Gasteiger charge is 2.25. The quantitative estimate of drug-likeness (QED) is 0.575. The van der Waals surface area contributed by atoms with Crippen molar-refractivity contribution in [3.8, 4) is 0 Å². The fraction of sp³-hybridized carbons (Fsp3) is 0.889. The van der Waals surface area contributed by atoms with Crippen LogP contribution in [0.25, 0.3) is 0 Å². The summed E-state index contributed by atoms with van der Waals surface area (Å²) >= 11 is 2.29. The van der Waals surface area contributed by atoms with Crippen molar-refractivity contribution in [3.05, 3.63) is 0 Å². The van der Waals surface area contributed by atoms with E-state index >= 15 is 0 Å². The smallest absolute Gasteiger partial charge is 0.227 e. The Kier molecular flexibility index (Phi) is 5.13. The molecule has 72 valence electrons. The Morgan fingerprint density at radius 2 is 1.92 bits per heavy atom. The van der Waals surface area contributed by atoms with Crippen LogP contribution in [0.3, 0.4) is 0 Å². The third-order valence-electron chi connectivity index (χ3n) is 1.66. The van der Waals surface area contributed by atoms with E-state index in [0.717, 1.165) is 17.5 Å². The summed E-state index contributed by atoms with van der Waals surface area (Å²) in [6.07, 6.45) is 0. The van der Waals surface area contributed by atoms with Crippen LogP contribution in [0.1, 0.15) is 27.7 Å². The van der Waals surface area contributed by atoms with Crippen LogP contribution in [0, 0.1) is 5.41 Å². The molecule has 12 heavy (non-hydrogen) atoms. The predicted octanol–water partition coefficient (Wildman–Crippen LogP) is 2.32. The number of amides is 1. The summed E-state index contributed by atoms with van der Waals surface area (Å²) in [6, 6.07) is 0. The number of alkyl halides is 1. The zero-order valence-corrected chi connectivity index (χ0v) is 10.5. The zero-order valence-electron chi connectivity index (χ0n) is 8.35. The van der Waals surface area contributed by atoms with E-state index in [4.69, 9.17) is 0 Å². The molecule has 3 heteroatoms. The molecule has 0 atom stereocenters. The van der Waals surface area contributed by atoms with Gasteiger partial charge in [-0.3, -0.25) is 4.79 Å². The van der Waals surface area contributed by atoms with Gasteiger partial charge in [0.2, 0.25) is 5.91 Å². The summed E-state index contributed by atoms with van der Waals surface area (Å²) in [6.45, 7) is 9.60. The molecule has 1 amide bonds. The molecule has 0 rings (SSSR count). The third-order valence-corrected chi connectivity index (χ3v) is 2.15. The summed E-state index contributed by atoms with van der Waals surface area (Å²) in [5.74, 6) is 0.252. The molecular formula is C9H18INO. The summed E-state index contributed by atoms with van der Waals surface area (Å²) in [4.78, 5) is 13.6. The maximum absolute atomic E-state index is 11.7. The van der Waals surface area contributed by atoms with E-state index in [1.54, 1.807) is 0 Å². The van der Waals surface area contributed by atoms with Crippen LogP contribution < -0.4 is 0 Å². The average Bonchev–Trinajstić information content (AvgIpc) is 1.97. The molecule has 0 saturated heterocycles. The SMILES string of the molecule is CCN(CCI)C(=O)C(C)(C)C. The molecule has 2 nitrogen and oxygen atoms in total. The molecule has 0 aliphatic carbocycles. The maximum Gasteiger partial charge on any atom is 0.227 e. The van der Waals surface area contributed by atoms with Crippen LogP contribution in [0.4, 0.5) is 0 Å². The van der Waals surface area contributed by atoms with Crippen LogP contribution in [-0.4, -0.2) is 28.3 Å². The number of nitrogens with zero attached hydrogens (tertiary/aromatic N) is 1. The Balaban J connectivity index is 4.22. The fourth-order valence-corrected chi connectivity index (χ4v) is 1.56. The standard InChI is InChI=1S/C9H18INO/c1-5-11(7-6-10)8(12)9(2,3)4/h5-7H2,1-4H3. The largest absolute Gasteiger partial charge is 0.342 e. The molecule has 0 saturated carbocycles. The number of carbonyl (C=O) groups excluding carboxylic acids is 1. The van der Waals surface area contributed by atoms with E-state index < -0.39 is 0 Å². The van der Waals surface area contributed by atoms with Crippen molar-refractivity contribution in [1.29, 1.82) is 0 Å². The van der Waals surface area contributed by atoms with Crippen LogP contribution in [-0.2, 0) is 4.79 Å². The fourth-order valence-electron chi connectivity index (χ4n) is 0.980. The Morgan fingerprint density at radius 1 is 1.42 bits per heavy atom. The van der Waals surface area contributed by atoms with Crippen molar-refractivity contribution in [2.24, 2.45) is 5.41 Å². The minimum absolute atomic E-state index is 0.234. The second kappa shape index (κ2) is 5.04. The van der Waals surface area contributed by atoms with E-state index in [-0.39, 0.29) is 11.3 Å². The van der Waals surface area contributed by atoms with Gasteiger partial charge in [-0.1, -0.05) is 43.4 Å². The Hall–Kier alpha value is 0.200. The van der Waals surface area contributed by atoms with Crippen molar-refractivity contribution in [2.75, 3.05) is 17.5 Å². The van der Waals surface area contributed by atoms with Crippen LogP contribution >= 0.6 is 22.6 Å². The molecule has 0 aliphatic heterocycles. The van der Waals surface area contributed by atoms with Gasteiger partial charge < -0.3 is 4.90 Å². The van der Waals surface area contributed by atoms with Crippen LogP contribution in [0.5, 0.6) is 0 Å². The Morgan fingerprint density at radius 3 is 2.17 bits per heavy atom. The number of halogens is 1. The lowest BCUT2D eigenvalue weighted by Gasteiger charge is -2.27. The van der Waals surface area contributed by atoms with E-state index in [0.29, 0.717) is 0 Å². The maximum atomic E-state index is 11.7. The molecule has 0 unspecified atom stereocenters. The summed E-state index contributed by atoms with van der Waals surface area (Å²) < 4.78 is 1.01. The van der Waals surface area contributed by atoms with Gasteiger partial charge in [0, 0.05) is 22.9 Å². The average molecular weight is 283 g/mol. The first-order valence-corrected chi connectivity index (χ1v) is 5.81. The molecular weight excluding hydrogens is 265 g/mol. The normalized spacial score (nSPS) is 11.4. The van der Waals surface area contributed by atoms with Crippen molar-refractivity contribution in [3.63, 3.8) is 0 Å². The van der Waals surface area contributed by atoms with Gasteiger partial charge in [0.25, 0.3) is 0 Å². The van der Waals surface area contributed by atoms with Gasteiger partial charge in [0.05, 0.1) is 0 Å². The number of hydrogen-bond acceptors (Lipinski definition) is 1.